The monoisotopic (exact) mass is 410 g/mol. The van der Waals surface area contributed by atoms with E-state index in [1.807, 2.05) is 0 Å². The minimum Gasteiger partial charge on any atom is -0.462 e. The summed E-state index contributed by atoms with van der Waals surface area (Å²) >= 11 is 0. The Kier molecular flexibility index (Phi) is 9.49. The molecule has 1 saturated carbocycles. The molecule has 1 fully saturated rings. The first kappa shape index (κ1) is 23.1. The Morgan fingerprint density at radius 1 is 0.867 bits per heavy atom. The number of hydrogen-bond acceptors (Lipinski definition) is 2. The van der Waals surface area contributed by atoms with Gasteiger partial charge >= 0.3 is 5.97 Å². The first-order chi connectivity index (χ1) is 14.7. The smallest absolute Gasteiger partial charge is 0.333 e. The van der Waals surface area contributed by atoms with Crippen LogP contribution in [0.25, 0.3) is 0 Å². The van der Waals surface area contributed by atoms with E-state index in [0.29, 0.717) is 12.5 Å². The van der Waals surface area contributed by atoms with Crippen molar-refractivity contribution in [3.05, 3.63) is 47.0 Å². The highest BCUT2D eigenvalue weighted by atomic mass is 16.5. The van der Waals surface area contributed by atoms with E-state index in [0.717, 1.165) is 49.5 Å². The zero-order chi connectivity index (χ0) is 21.2. The van der Waals surface area contributed by atoms with E-state index < -0.39 is 0 Å². The van der Waals surface area contributed by atoms with Gasteiger partial charge in [-0.05, 0) is 80.2 Å². The van der Waals surface area contributed by atoms with Gasteiger partial charge in [-0.25, -0.2) is 4.79 Å². The Bertz CT molecular complexity index is 664. The van der Waals surface area contributed by atoms with Crippen LogP contribution < -0.4 is 0 Å². The second-order valence-electron chi connectivity index (χ2n) is 9.57. The number of carbonyl (C=O) groups excluding carboxylic acids is 1. The number of carbonyl (C=O) groups is 1. The van der Waals surface area contributed by atoms with Gasteiger partial charge in [0.05, 0.1) is 6.61 Å². The van der Waals surface area contributed by atoms with Crippen LogP contribution in [-0.4, -0.2) is 12.6 Å². The second kappa shape index (κ2) is 12.3. The average molecular weight is 411 g/mol. The van der Waals surface area contributed by atoms with E-state index in [1.165, 1.54) is 62.5 Å². The Balaban J connectivity index is 1.45. The van der Waals surface area contributed by atoms with E-state index in [2.05, 4.69) is 44.2 Å². The summed E-state index contributed by atoms with van der Waals surface area (Å²) in [5.74, 6) is 2.19. The van der Waals surface area contributed by atoms with Crippen LogP contribution in [0, 0.1) is 5.92 Å². The van der Waals surface area contributed by atoms with Crippen molar-refractivity contribution >= 4 is 5.97 Å². The van der Waals surface area contributed by atoms with Crippen LogP contribution in [0.3, 0.4) is 0 Å². The van der Waals surface area contributed by atoms with Crippen LogP contribution in [0.1, 0.15) is 120 Å². The van der Waals surface area contributed by atoms with Crippen LogP contribution in [0.2, 0.25) is 0 Å². The fourth-order valence-electron chi connectivity index (χ4n) is 5.34. The van der Waals surface area contributed by atoms with Gasteiger partial charge in [0.15, 0.2) is 0 Å². The Hall–Kier alpha value is -1.57. The molecule has 2 nitrogen and oxygen atoms in total. The van der Waals surface area contributed by atoms with Crippen LogP contribution in [0.5, 0.6) is 0 Å². The third-order valence-corrected chi connectivity index (χ3v) is 7.33. The van der Waals surface area contributed by atoms with Crippen molar-refractivity contribution in [2.75, 3.05) is 6.61 Å². The van der Waals surface area contributed by atoms with E-state index >= 15 is 0 Å². The SMILES string of the molecule is CCCCCCOC(=O)C1=CCC(c2ccc(C3CCC(CCC)CC3)cc2)CC1. The number of ether oxygens (including phenoxy) is 1. The van der Waals surface area contributed by atoms with Gasteiger partial charge in [-0.2, -0.15) is 0 Å². The number of rotatable bonds is 10. The maximum absolute atomic E-state index is 12.3. The average Bonchev–Trinajstić information content (AvgIpc) is 2.80. The predicted octanol–water partition coefficient (Wildman–Crippen LogP) is 8.08. The summed E-state index contributed by atoms with van der Waals surface area (Å²) in [6.07, 6.45) is 17.8. The van der Waals surface area contributed by atoms with E-state index in [4.69, 9.17) is 4.74 Å². The van der Waals surface area contributed by atoms with Gasteiger partial charge in [0.1, 0.15) is 0 Å². The summed E-state index contributed by atoms with van der Waals surface area (Å²) in [5.41, 5.74) is 3.86. The molecule has 1 atom stereocenters. The van der Waals surface area contributed by atoms with Crippen molar-refractivity contribution in [3.63, 3.8) is 0 Å². The summed E-state index contributed by atoms with van der Waals surface area (Å²) in [6, 6.07) is 9.46. The van der Waals surface area contributed by atoms with Gasteiger partial charge in [-0.3, -0.25) is 0 Å². The first-order valence-electron chi connectivity index (χ1n) is 12.7. The normalized spacial score (nSPS) is 24.3. The molecule has 0 spiro atoms. The van der Waals surface area contributed by atoms with Crippen LogP contribution in [0.4, 0.5) is 0 Å². The number of hydrogen-bond donors (Lipinski definition) is 0. The molecule has 0 amide bonds. The highest BCUT2D eigenvalue weighted by Crippen LogP contribution is 2.38. The fourth-order valence-corrected chi connectivity index (χ4v) is 5.34. The van der Waals surface area contributed by atoms with Crippen molar-refractivity contribution in [1.29, 1.82) is 0 Å². The first-order valence-corrected chi connectivity index (χ1v) is 12.7. The molecule has 0 bridgehead atoms. The molecule has 1 aromatic rings. The maximum Gasteiger partial charge on any atom is 0.333 e. The van der Waals surface area contributed by atoms with Crippen molar-refractivity contribution in [2.24, 2.45) is 5.92 Å². The van der Waals surface area contributed by atoms with E-state index in [1.54, 1.807) is 0 Å². The second-order valence-corrected chi connectivity index (χ2v) is 9.57. The van der Waals surface area contributed by atoms with Crippen LogP contribution >= 0.6 is 0 Å². The van der Waals surface area contributed by atoms with Crippen molar-refractivity contribution in [1.82, 2.24) is 0 Å². The molecule has 2 heteroatoms. The molecule has 1 unspecified atom stereocenters. The molecule has 30 heavy (non-hydrogen) atoms. The molecule has 1 aromatic carbocycles. The van der Waals surface area contributed by atoms with Gasteiger partial charge in [-0.1, -0.05) is 76.3 Å². The number of benzene rings is 1. The molecule has 2 aliphatic rings. The molecule has 3 rings (SSSR count). The minimum atomic E-state index is -0.0843. The van der Waals surface area contributed by atoms with Gasteiger partial charge in [0.25, 0.3) is 0 Å². The van der Waals surface area contributed by atoms with Gasteiger partial charge in [0.2, 0.25) is 0 Å². The van der Waals surface area contributed by atoms with Crippen molar-refractivity contribution in [3.8, 4) is 0 Å². The molecule has 0 N–H and O–H groups in total. The van der Waals surface area contributed by atoms with E-state index in [9.17, 15) is 4.79 Å². The molecule has 0 heterocycles. The van der Waals surface area contributed by atoms with Crippen LogP contribution in [0.15, 0.2) is 35.9 Å². The molecule has 166 valence electrons. The summed E-state index contributed by atoms with van der Waals surface area (Å²) in [7, 11) is 0. The lowest BCUT2D eigenvalue weighted by molar-refractivity contribution is -0.139. The Morgan fingerprint density at radius 3 is 2.17 bits per heavy atom. The minimum absolute atomic E-state index is 0.0843. The Morgan fingerprint density at radius 2 is 1.57 bits per heavy atom. The highest BCUT2D eigenvalue weighted by Gasteiger charge is 2.23. The Labute approximate surface area is 184 Å². The molecular formula is C28H42O2. The molecule has 0 aromatic heterocycles. The summed E-state index contributed by atoms with van der Waals surface area (Å²) in [6.45, 7) is 5.08. The topological polar surface area (TPSA) is 26.3 Å². The largest absolute Gasteiger partial charge is 0.462 e. The van der Waals surface area contributed by atoms with Gasteiger partial charge in [0, 0.05) is 5.57 Å². The lowest BCUT2D eigenvalue weighted by atomic mass is 9.76. The molecule has 0 radical (unpaired) electrons. The van der Waals surface area contributed by atoms with Gasteiger partial charge < -0.3 is 4.74 Å². The lowest BCUT2D eigenvalue weighted by Crippen LogP contribution is -2.14. The summed E-state index contributed by atoms with van der Waals surface area (Å²) in [4.78, 5) is 12.3. The van der Waals surface area contributed by atoms with Gasteiger partial charge in [-0.15, -0.1) is 0 Å². The molecule has 0 aliphatic heterocycles. The van der Waals surface area contributed by atoms with E-state index in [-0.39, 0.29) is 5.97 Å². The fraction of sp³-hybridized carbons (Fsp3) is 0.679. The summed E-state index contributed by atoms with van der Waals surface area (Å²) in [5, 5.41) is 0. The number of esters is 1. The molecular weight excluding hydrogens is 368 g/mol. The number of allylic oxidation sites excluding steroid dienone is 1. The highest BCUT2D eigenvalue weighted by molar-refractivity contribution is 5.88. The number of unbranched alkanes of at least 4 members (excludes halogenated alkanes) is 3. The maximum atomic E-state index is 12.3. The third kappa shape index (κ3) is 6.72. The quantitative estimate of drug-likeness (QED) is 0.288. The van der Waals surface area contributed by atoms with Crippen LogP contribution in [-0.2, 0) is 9.53 Å². The summed E-state index contributed by atoms with van der Waals surface area (Å²) < 4.78 is 5.47. The molecule has 2 aliphatic carbocycles. The third-order valence-electron chi connectivity index (χ3n) is 7.33. The standard InChI is InChI=1S/C28H42O2/c1-3-5-6-7-21-30-28(29)27-19-17-26(18-20-27)25-15-13-24(14-16-25)23-11-9-22(8-4-2)10-12-23/h13-16,19,22-23,26H,3-12,17-18,20-21H2,1-2H3. The van der Waals surface area contributed by atoms with Crippen molar-refractivity contribution in [2.45, 2.75) is 109 Å². The molecule has 0 saturated heterocycles. The zero-order valence-electron chi connectivity index (χ0n) is 19.3. The van der Waals surface area contributed by atoms with Crippen molar-refractivity contribution < 1.29 is 9.53 Å². The lowest BCUT2D eigenvalue weighted by Gasteiger charge is -2.29. The zero-order valence-corrected chi connectivity index (χ0v) is 19.3. The predicted molar refractivity (Wildman–Crippen MR) is 126 cm³/mol.